The van der Waals surface area contributed by atoms with Gasteiger partial charge < -0.3 is 14.8 Å². The first-order valence-electron chi connectivity index (χ1n) is 9.56. The molecular weight excluding hydrogens is 414 g/mol. The van der Waals surface area contributed by atoms with Crippen molar-refractivity contribution in [2.45, 2.75) is 12.1 Å². The molecule has 4 heterocycles. The number of benzene rings is 1. The second-order valence-corrected chi connectivity index (χ2v) is 7.80. The van der Waals surface area contributed by atoms with Gasteiger partial charge in [-0.1, -0.05) is 17.7 Å². The van der Waals surface area contributed by atoms with Crippen molar-refractivity contribution in [2.24, 2.45) is 0 Å². The van der Waals surface area contributed by atoms with E-state index in [0.29, 0.717) is 10.1 Å². The number of aromatic nitrogens is 3. The molecule has 0 amide bonds. The molecular formula is C23H18ClN5S. The van der Waals surface area contributed by atoms with Crippen molar-refractivity contribution >= 4 is 34.6 Å². The average Bonchev–Trinajstić information content (AvgIpc) is 3.40. The third kappa shape index (κ3) is 3.34. The van der Waals surface area contributed by atoms with E-state index in [1.165, 1.54) is 0 Å². The molecule has 7 heteroatoms. The highest BCUT2D eigenvalue weighted by Crippen LogP contribution is 2.42. The Kier molecular flexibility index (Phi) is 4.94. The first kappa shape index (κ1) is 18.8. The molecule has 2 atom stereocenters. The Bertz CT molecular complexity index is 1160. The van der Waals surface area contributed by atoms with E-state index in [9.17, 15) is 0 Å². The zero-order valence-corrected chi connectivity index (χ0v) is 17.5. The van der Waals surface area contributed by atoms with E-state index in [-0.39, 0.29) is 12.1 Å². The number of halogens is 1. The molecule has 0 bridgehead atoms. The van der Waals surface area contributed by atoms with Crippen molar-refractivity contribution in [1.29, 1.82) is 0 Å². The van der Waals surface area contributed by atoms with Crippen molar-refractivity contribution in [2.75, 3.05) is 4.90 Å². The minimum Gasteiger partial charge on any atom is -0.351 e. The largest absolute Gasteiger partial charge is 0.351 e. The molecule has 1 N–H and O–H groups in total. The number of rotatable bonds is 4. The van der Waals surface area contributed by atoms with Crippen LogP contribution in [0.15, 0.2) is 91.5 Å². The molecule has 148 valence electrons. The highest BCUT2D eigenvalue weighted by Gasteiger charge is 2.42. The number of nitrogens with one attached hydrogen (secondary N) is 1. The number of thiocarbonyl (C=S) groups is 1. The van der Waals surface area contributed by atoms with E-state index in [2.05, 4.69) is 37.0 Å². The Morgan fingerprint density at radius 3 is 2.40 bits per heavy atom. The van der Waals surface area contributed by atoms with Gasteiger partial charge in [0.05, 0.1) is 11.7 Å². The topological polar surface area (TPSA) is 46.0 Å². The SMILES string of the molecule is S=C1N[C@@H](c2ccccn2)[C@H](c2cccn2-c2ccncc2)N1c1ccc(Cl)cc1. The van der Waals surface area contributed by atoms with Crippen LogP contribution >= 0.6 is 23.8 Å². The lowest BCUT2D eigenvalue weighted by atomic mass is 10.0. The molecule has 0 aliphatic carbocycles. The fourth-order valence-electron chi connectivity index (χ4n) is 3.91. The van der Waals surface area contributed by atoms with Gasteiger partial charge in [-0.25, -0.2) is 0 Å². The number of hydrogen-bond donors (Lipinski definition) is 1. The Labute approximate surface area is 185 Å². The molecule has 4 aromatic rings. The van der Waals surface area contributed by atoms with Crippen LogP contribution in [0.5, 0.6) is 0 Å². The standard InChI is InChI=1S/C23H18ClN5S/c24-16-6-8-18(9-7-16)29-22(21(27-23(29)30)19-4-1-2-12-26-19)20-5-3-15-28(20)17-10-13-25-14-11-17/h1-15,21-22H,(H,27,30)/t21-,22-/m0/s1. The summed E-state index contributed by atoms with van der Waals surface area (Å²) in [6.45, 7) is 0. The lowest BCUT2D eigenvalue weighted by molar-refractivity contribution is 0.549. The van der Waals surface area contributed by atoms with Crippen LogP contribution in [0.25, 0.3) is 5.69 Å². The van der Waals surface area contributed by atoms with Crippen molar-refractivity contribution in [3.05, 3.63) is 108 Å². The molecule has 0 radical (unpaired) electrons. The van der Waals surface area contributed by atoms with Gasteiger partial charge in [0.15, 0.2) is 5.11 Å². The van der Waals surface area contributed by atoms with Gasteiger partial charge in [0.2, 0.25) is 0 Å². The van der Waals surface area contributed by atoms with Crippen LogP contribution in [0.4, 0.5) is 5.69 Å². The predicted molar refractivity (Wildman–Crippen MR) is 123 cm³/mol. The summed E-state index contributed by atoms with van der Waals surface area (Å²) in [6, 6.07) is 21.6. The molecule has 5 rings (SSSR count). The number of anilines is 1. The second-order valence-electron chi connectivity index (χ2n) is 6.98. The van der Waals surface area contributed by atoms with Crippen LogP contribution < -0.4 is 10.2 Å². The van der Waals surface area contributed by atoms with E-state index in [0.717, 1.165) is 22.8 Å². The van der Waals surface area contributed by atoms with Gasteiger partial charge >= 0.3 is 0 Å². The summed E-state index contributed by atoms with van der Waals surface area (Å²) in [5.74, 6) is 0. The quantitative estimate of drug-likeness (QED) is 0.455. The predicted octanol–water partition coefficient (Wildman–Crippen LogP) is 5.10. The minimum absolute atomic E-state index is 0.100. The molecule has 1 aliphatic heterocycles. The van der Waals surface area contributed by atoms with Gasteiger partial charge in [0, 0.05) is 46.9 Å². The summed E-state index contributed by atoms with van der Waals surface area (Å²) in [5, 5.41) is 4.83. The third-order valence-electron chi connectivity index (χ3n) is 5.23. The average molecular weight is 432 g/mol. The van der Waals surface area contributed by atoms with Crippen molar-refractivity contribution in [1.82, 2.24) is 19.9 Å². The van der Waals surface area contributed by atoms with E-state index < -0.39 is 0 Å². The van der Waals surface area contributed by atoms with Gasteiger partial charge in [-0.15, -0.1) is 0 Å². The molecule has 0 unspecified atom stereocenters. The maximum atomic E-state index is 6.13. The van der Waals surface area contributed by atoms with Crippen LogP contribution in [0.3, 0.4) is 0 Å². The molecule has 1 aliphatic rings. The maximum Gasteiger partial charge on any atom is 0.174 e. The fraction of sp³-hybridized carbons (Fsp3) is 0.0870. The van der Waals surface area contributed by atoms with Gasteiger partial charge in [0.1, 0.15) is 6.04 Å². The maximum absolute atomic E-state index is 6.13. The Morgan fingerprint density at radius 2 is 1.67 bits per heavy atom. The van der Waals surface area contributed by atoms with Crippen LogP contribution in [0.2, 0.25) is 5.02 Å². The van der Waals surface area contributed by atoms with Gasteiger partial charge in [-0.3, -0.25) is 9.97 Å². The highest BCUT2D eigenvalue weighted by atomic mass is 35.5. The lowest BCUT2D eigenvalue weighted by Gasteiger charge is -2.29. The number of hydrogen-bond acceptors (Lipinski definition) is 3. The van der Waals surface area contributed by atoms with E-state index in [1.54, 1.807) is 12.4 Å². The van der Waals surface area contributed by atoms with Crippen LogP contribution in [0, 0.1) is 0 Å². The Morgan fingerprint density at radius 1 is 0.867 bits per heavy atom. The van der Waals surface area contributed by atoms with E-state index in [4.69, 9.17) is 23.8 Å². The van der Waals surface area contributed by atoms with Crippen molar-refractivity contribution in [3.63, 3.8) is 0 Å². The van der Waals surface area contributed by atoms with Gasteiger partial charge in [-0.2, -0.15) is 0 Å². The molecule has 0 saturated carbocycles. The molecule has 1 fully saturated rings. The summed E-state index contributed by atoms with van der Waals surface area (Å²) in [6.07, 6.45) is 7.46. The second kappa shape index (κ2) is 7.89. The third-order valence-corrected chi connectivity index (χ3v) is 5.79. The monoisotopic (exact) mass is 431 g/mol. The summed E-state index contributed by atoms with van der Waals surface area (Å²) in [5.41, 5.74) is 4.05. The molecule has 30 heavy (non-hydrogen) atoms. The smallest absolute Gasteiger partial charge is 0.174 e. The molecule has 0 spiro atoms. The highest BCUT2D eigenvalue weighted by molar-refractivity contribution is 7.80. The van der Waals surface area contributed by atoms with Crippen LogP contribution in [0.1, 0.15) is 23.5 Å². The Hall–Kier alpha value is -3.22. The van der Waals surface area contributed by atoms with Crippen molar-refractivity contribution < 1.29 is 0 Å². The van der Waals surface area contributed by atoms with E-state index in [1.807, 2.05) is 66.9 Å². The summed E-state index contributed by atoms with van der Waals surface area (Å²) >= 11 is 11.9. The molecule has 5 nitrogen and oxygen atoms in total. The zero-order chi connectivity index (χ0) is 20.5. The van der Waals surface area contributed by atoms with Gasteiger partial charge in [-0.05, 0) is 72.9 Å². The Balaban J connectivity index is 1.67. The normalized spacial score (nSPS) is 18.4. The summed E-state index contributed by atoms with van der Waals surface area (Å²) in [7, 11) is 0. The molecule has 1 aromatic carbocycles. The zero-order valence-electron chi connectivity index (χ0n) is 15.9. The van der Waals surface area contributed by atoms with Gasteiger partial charge in [0.25, 0.3) is 0 Å². The fourth-order valence-corrected chi connectivity index (χ4v) is 4.38. The number of pyridine rings is 2. The summed E-state index contributed by atoms with van der Waals surface area (Å²) < 4.78 is 2.17. The molecule has 3 aromatic heterocycles. The first-order valence-corrected chi connectivity index (χ1v) is 10.3. The van der Waals surface area contributed by atoms with Crippen LogP contribution in [-0.2, 0) is 0 Å². The number of nitrogens with zero attached hydrogens (tertiary/aromatic N) is 4. The lowest BCUT2D eigenvalue weighted by Crippen LogP contribution is -2.30. The van der Waals surface area contributed by atoms with E-state index >= 15 is 0 Å². The summed E-state index contributed by atoms with van der Waals surface area (Å²) in [4.78, 5) is 10.9. The molecule has 1 saturated heterocycles. The van der Waals surface area contributed by atoms with Crippen LogP contribution in [-0.4, -0.2) is 19.6 Å². The first-order chi connectivity index (χ1) is 14.7. The van der Waals surface area contributed by atoms with Crippen molar-refractivity contribution in [3.8, 4) is 5.69 Å². The minimum atomic E-state index is -0.107.